The second-order valence-corrected chi connectivity index (χ2v) is 4.34. The number of hydrogen-bond donors (Lipinski definition) is 0. The van der Waals surface area contributed by atoms with Crippen LogP contribution in [0.2, 0.25) is 0 Å². The van der Waals surface area contributed by atoms with Crippen LogP contribution in [0.15, 0.2) is 22.7 Å². The molecule has 0 unspecified atom stereocenters. The van der Waals surface area contributed by atoms with Crippen molar-refractivity contribution in [1.82, 2.24) is 0 Å². The summed E-state index contributed by atoms with van der Waals surface area (Å²) in [7, 11) is 0. The van der Waals surface area contributed by atoms with E-state index in [2.05, 4.69) is 34.1 Å². The zero-order valence-electron chi connectivity index (χ0n) is 7.05. The summed E-state index contributed by atoms with van der Waals surface area (Å²) in [5, 5.41) is 0. The predicted molar refractivity (Wildman–Crippen MR) is 51.4 cm³/mol. The molecule has 1 aliphatic heterocycles. The Morgan fingerprint density at radius 2 is 2.00 bits per heavy atom. The van der Waals surface area contributed by atoms with Crippen LogP contribution in [0.3, 0.4) is 0 Å². The lowest BCUT2D eigenvalue weighted by Crippen LogP contribution is -2.39. The predicted octanol–water partition coefficient (Wildman–Crippen LogP) is 2.20. The Kier molecular flexibility index (Phi) is 1.57. The Bertz CT molecular complexity index is 356. The molecule has 1 spiro atoms. The van der Waals surface area contributed by atoms with Gasteiger partial charge in [0.15, 0.2) is 5.79 Å². The molecule has 0 saturated carbocycles. The number of halogens is 1. The summed E-state index contributed by atoms with van der Waals surface area (Å²) in [5.41, 5.74) is 2.53. The van der Waals surface area contributed by atoms with E-state index in [-0.39, 0.29) is 5.79 Å². The molecule has 0 atom stereocenters. The van der Waals surface area contributed by atoms with Gasteiger partial charge in [0.05, 0.1) is 13.2 Å². The molecule has 1 aromatic carbocycles. The third kappa shape index (κ3) is 1.01. The van der Waals surface area contributed by atoms with Crippen molar-refractivity contribution in [3.8, 4) is 0 Å². The highest BCUT2D eigenvalue weighted by Gasteiger charge is 2.47. The van der Waals surface area contributed by atoms with Crippen LogP contribution in [-0.4, -0.2) is 13.2 Å². The van der Waals surface area contributed by atoms with Crippen LogP contribution < -0.4 is 0 Å². The molecule has 3 heteroatoms. The molecule has 1 aliphatic carbocycles. The normalized spacial score (nSPS) is 22.8. The smallest absolute Gasteiger partial charge is 0.199 e. The highest BCUT2D eigenvalue weighted by Crippen LogP contribution is 2.46. The van der Waals surface area contributed by atoms with E-state index in [1.54, 1.807) is 0 Å². The Morgan fingerprint density at radius 3 is 2.77 bits per heavy atom. The Hall–Kier alpha value is -0.380. The molecule has 3 rings (SSSR count). The molecule has 2 nitrogen and oxygen atoms in total. The summed E-state index contributed by atoms with van der Waals surface area (Å²) in [4.78, 5) is 0. The standard InChI is InChI=1S/C10H9BrO2/c11-8-2-1-7-6-10(9(7)5-8)12-3-4-13-10/h1-2,5H,3-4,6H2. The molecular weight excluding hydrogens is 232 g/mol. The summed E-state index contributed by atoms with van der Waals surface area (Å²) in [6.07, 6.45) is 0.898. The van der Waals surface area contributed by atoms with Crippen molar-refractivity contribution in [2.75, 3.05) is 13.2 Å². The van der Waals surface area contributed by atoms with E-state index in [0.29, 0.717) is 13.2 Å². The number of benzene rings is 1. The van der Waals surface area contributed by atoms with E-state index < -0.39 is 0 Å². The minimum atomic E-state index is -0.390. The first-order chi connectivity index (χ1) is 6.30. The van der Waals surface area contributed by atoms with Crippen molar-refractivity contribution < 1.29 is 9.47 Å². The number of rotatable bonds is 0. The topological polar surface area (TPSA) is 18.5 Å². The molecule has 1 heterocycles. The average molecular weight is 241 g/mol. The number of ether oxygens (including phenoxy) is 2. The van der Waals surface area contributed by atoms with Gasteiger partial charge in [0.1, 0.15) is 0 Å². The van der Waals surface area contributed by atoms with Crippen molar-refractivity contribution in [1.29, 1.82) is 0 Å². The van der Waals surface area contributed by atoms with Crippen LogP contribution in [-0.2, 0) is 21.7 Å². The number of hydrogen-bond acceptors (Lipinski definition) is 2. The molecule has 0 bridgehead atoms. The quantitative estimate of drug-likeness (QED) is 0.693. The summed E-state index contributed by atoms with van der Waals surface area (Å²) >= 11 is 3.45. The van der Waals surface area contributed by atoms with Crippen molar-refractivity contribution in [2.24, 2.45) is 0 Å². The lowest BCUT2D eigenvalue weighted by Gasteiger charge is -2.38. The Labute approximate surface area is 85.0 Å². The Balaban J connectivity index is 2.07. The van der Waals surface area contributed by atoms with Crippen LogP contribution in [0.4, 0.5) is 0 Å². The zero-order valence-corrected chi connectivity index (χ0v) is 8.63. The van der Waals surface area contributed by atoms with E-state index in [9.17, 15) is 0 Å². The van der Waals surface area contributed by atoms with Gasteiger partial charge in [-0.25, -0.2) is 0 Å². The van der Waals surface area contributed by atoms with Gasteiger partial charge in [0.25, 0.3) is 0 Å². The SMILES string of the molecule is Brc1ccc2c(c1)C1(C2)OCCO1. The highest BCUT2D eigenvalue weighted by molar-refractivity contribution is 9.10. The molecule has 0 radical (unpaired) electrons. The average Bonchev–Trinajstić information content (AvgIpc) is 2.58. The van der Waals surface area contributed by atoms with Gasteiger partial charge in [-0.3, -0.25) is 0 Å². The summed E-state index contributed by atoms with van der Waals surface area (Å²) in [6.45, 7) is 1.43. The van der Waals surface area contributed by atoms with Crippen LogP contribution >= 0.6 is 15.9 Å². The molecular formula is C10H9BrO2. The maximum absolute atomic E-state index is 5.61. The molecule has 2 aliphatic rings. The van der Waals surface area contributed by atoms with Crippen molar-refractivity contribution >= 4 is 15.9 Å². The van der Waals surface area contributed by atoms with E-state index in [1.807, 2.05) is 0 Å². The van der Waals surface area contributed by atoms with E-state index in [4.69, 9.17) is 9.47 Å². The van der Waals surface area contributed by atoms with Crippen LogP contribution in [0, 0.1) is 0 Å². The first-order valence-corrected chi connectivity index (χ1v) is 5.16. The molecule has 1 fully saturated rings. The third-order valence-electron chi connectivity index (χ3n) is 2.66. The fraction of sp³-hybridized carbons (Fsp3) is 0.400. The van der Waals surface area contributed by atoms with Crippen LogP contribution in [0.25, 0.3) is 0 Å². The molecule has 13 heavy (non-hydrogen) atoms. The van der Waals surface area contributed by atoms with Gasteiger partial charge in [0.2, 0.25) is 0 Å². The first kappa shape index (κ1) is 7.97. The largest absolute Gasteiger partial charge is 0.343 e. The van der Waals surface area contributed by atoms with Gasteiger partial charge in [-0.2, -0.15) is 0 Å². The van der Waals surface area contributed by atoms with Crippen molar-refractivity contribution in [3.63, 3.8) is 0 Å². The first-order valence-electron chi connectivity index (χ1n) is 4.37. The molecule has 0 aromatic heterocycles. The van der Waals surface area contributed by atoms with Gasteiger partial charge in [-0.15, -0.1) is 0 Å². The van der Waals surface area contributed by atoms with E-state index in [0.717, 1.165) is 10.9 Å². The fourth-order valence-corrected chi connectivity index (χ4v) is 2.37. The molecule has 1 saturated heterocycles. The maximum Gasteiger partial charge on any atom is 0.199 e. The van der Waals surface area contributed by atoms with E-state index in [1.165, 1.54) is 11.1 Å². The minimum Gasteiger partial charge on any atom is -0.343 e. The maximum atomic E-state index is 5.61. The highest BCUT2D eigenvalue weighted by atomic mass is 79.9. The van der Waals surface area contributed by atoms with Crippen LogP contribution in [0.1, 0.15) is 11.1 Å². The van der Waals surface area contributed by atoms with E-state index >= 15 is 0 Å². The summed E-state index contributed by atoms with van der Waals surface area (Å²) in [6, 6.07) is 6.26. The number of fused-ring (bicyclic) bond motifs is 2. The van der Waals surface area contributed by atoms with Gasteiger partial charge < -0.3 is 9.47 Å². The monoisotopic (exact) mass is 240 g/mol. The molecule has 68 valence electrons. The summed E-state index contributed by atoms with van der Waals surface area (Å²) in [5.74, 6) is -0.390. The third-order valence-corrected chi connectivity index (χ3v) is 3.15. The fourth-order valence-electron chi connectivity index (χ4n) is 2.01. The molecule has 1 aromatic rings. The minimum absolute atomic E-state index is 0.390. The molecule has 0 N–H and O–H groups in total. The lowest BCUT2D eigenvalue weighted by atomic mass is 9.82. The second-order valence-electron chi connectivity index (χ2n) is 3.43. The van der Waals surface area contributed by atoms with Gasteiger partial charge >= 0.3 is 0 Å². The Morgan fingerprint density at radius 1 is 1.23 bits per heavy atom. The van der Waals surface area contributed by atoms with Gasteiger partial charge in [-0.05, 0) is 17.7 Å². The van der Waals surface area contributed by atoms with Gasteiger partial charge in [-0.1, -0.05) is 22.0 Å². The van der Waals surface area contributed by atoms with Gasteiger partial charge in [0, 0.05) is 16.5 Å². The zero-order chi connectivity index (χ0) is 8.89. The van der Waals surface area contributed by atoms with Crippen molar-refractivity contribution in [3.05, 3.63) is 33.8 Å². The lowest BCUT2D eigenvalue weighted by molar-refractivity contribution is -0.182. The van der Waals surface area contributed by atoms with Crippen molar-refractivity contribution in [2.45, 2.75) is 12.2 Å². The van der Waals surface area contributed by atoms with Crippen LogP contribution in [0.5, 0.6) is 0 Å². The second kappa shape index (κ2) is 2.56. The summed E-state index contributed by atoms with van der Waals surface area (Å²) < 4.78 is 12.3. The molecule has 0 amide bonds.